The molecular weight excluding hydrogens is 376 g/mol. The average Bonchev–Trinajstić information content (AvgIpc) is 2.59. The minimum atomic E-state index is -3.09. The molecule has 158 valence electrons. The van der Waals surface area contributed by atoms with Crippen LogP contribution in [-0.4, -0.2) is 49.3 Å². The number of carbonyl (C=O) groups excluding carboxylic acids is 1. The highest BCUT2D eigenvalue weighted by Crippen LogP contribution is 2.24. The van der Waals surface area contributed by atoms with E-state index in [2.05, 4.69) is 15.0 Å². The van der Waals surface area contributed by atoms with Crippen LogP contribution in [0.15, 0.2) is 18.2 Å². The van der Waals surface area contributed by atoms with Crippen LogP contribution in [0, 0.1) is 17.7 Å². The van der Waals surface area contributed by atoms with Gasteiger partial charge in [0.2, 0.25) is 0 Å². The predicted molar refractivity (Wildman–Crippen MR) is 98.9 cm³/mol. The number of alkyl halides is 3. The zero-order valence-corrected chi connectivity index (χ0v) is 16.5. The van der Waals surface area contributed by atoms with Crippen molar-refractivity contribution in [3.63, 3.8) is 0 Å². The Balaban J connectivity index is 1.81. The molecule has 1 aliphatic rings. The lowest BCUT2D eigenvalue weighted by atomic mass is 9.91. The van der Waals surface area contributed by atoms with Crippen molar-refractivity contribution in [1.82, 2.24) is 10.2 Å². The van der Waals surface area contributed by atoms with Crippen LogP contribution in [0.2, 0.25) is 0 Å². The second kappa shape index (κ2) is 9.58. The topological polar surface area (TPSA) is 41.6 Å². The van der Waals surface area contributed by atoms with Crippen molar-refractivity contribution in [2.45, 2.75) is 45.9 Å². The van der Waals surface area contributed by atoms with E-state index in [4.69, 9.17) is 0 Å². The first kappa shape index (κ1) is 22.5. The van der Waals surface area contributed by atoms with Crippen molar-refractivity contribution in [3.05, 3.63) is 29.6 Å². The summed E-state index contributed by atoms with van der Waals surface area (Å²) in [5.41, 5.74) is -1.28. The Morgan fingerprint density at radius 3 is 2.50 bits per heavy atom. The molecule has 2 rings (SSSR count). The van der Waals surface area contributed by atoms with Gasteiger partial charge in [0.15, 0.2) is 0 Å². The molecule has 0 spiro atoms. The Bertz CT molecular complexity index is 656. The minimum absolute atomic E-state index is 0.0629. The third kappa shape index (κ3) is 6.96. The fourth-order valence-electron chi connectivity index (χ4n) is 3.18. The maximum absolute atomic E-state index is 14.0. The molecule has 1 saturated heterocycles. The normalized spacial score (nSPS) is 17.6. The number of benzene rings is 1. The summed E-state index contributed by atoms with van der Waals surface area (Å²) in [7, 11) is 0. The quantitative estimate of drug-likeness (QED) is 0.659. The predicted octanol–water partition coefficient (Wildman–Crippen LogP) is 4.25. The van der Waals surface area contributed by atoms with Gasteiger partial charge in [-0.25, -0.2) is 8.78 Å². The molecule has 28 heavy (non-hydrogen) atoms. The van der Waals surface area contributed by atoms with Crippen LogP contribution >= 0.6 is 0 Å². The zero-order valence-electron chi connectivity index (χ0n) is 16.5. The molecule has 1 N–H and O–H groups in total. The number of hydrogen-bond acceptors (Lipinski definition) is 3. The summed E-state index contributed by atoms with van der Waals surface area (Å²) in [6, 6.07) is 2.88. The smallest absolute Gasteiger partial charge is 0.387 e. The van der Waals surface area contributed by atoms with Gasteiger partial charge in [0.25, 0.3) is 5.91 Å². The molecule has 4 nitrogen and oxygen atoms in total. The molecule has 1 aliphatic heterocycles. The first-order valence-electron chi connectivity index (χ1n) is 9.49. The maximum atomic E-state index is 14.0. The maximum Gasteiger partial charge on any atom is 0.387 e. The van der Waals surface area contributed by atoms with Gasteiger partial charge < -0.3 is 15.0 Å². The van der Waals surface area contributed by atoms with E-state index in [0.717, 1.165) is 44.1 Å². The van der Waals surface area contributed by atoms with Crippen LogP contribution < -0.4 is 10.1 Å². The Morgan fingerprint density at radius 1 is 1.29 bits per heavy atom. The van der Waals surface area contributed by atoms with E-state index in [-0.39, 0.29) is 17.4 Å². The monoisotopic (exact) mass is 404 g/mol. The van der Waals surface area contributed by atoms with E-state index < -0.39 is 29.8 Å². The highest BCUT2D eigenvalue weighted by molar-refractivity contribution is 5.94. The number of ether oxygens (including phenoxy) is 1. The van der Waals surface area contributed by atoms with Gasteiger partial charge in [0, 0.05) is 30.6 Å². The van der Waals surface area contributed by atoms with Crippen molar-refractivity contribution in [3.8, 4) is 5.75 Å². The van der Waals surface area contributed by atoms with Crippen molar-refractivity contribution in [2.24, 2.45) is 11.8 Å². The fraction of sp³-hybridized carbons (Fsp3) is 0.650. The third-order valence-electron chi connectivity index (χ3n) is 5.32. The van der Waals surface area contributed by atoms with E-state index in [0.29, 0.717) is 13.1 Å². The molecule has 1 heterocycles. The van der Waals surface area contributed by atoms with Gasteiger partial charge in [-0.15, -0.1) is 0 Å². The number of likely N-dealkylation sites (tertiary alicyclic amines) is 1. The van der Waals surface area contributed by atoms with Gasteiger partial charge >= 0.3 is 6.61 Å². The summed E-state index contributed by atoms with van der Waals surface area (Å²) in [5, 5.41) is 2.73. The van der Waals surface area contributed by atoms with Crippen LogP contribution in [0.25, 0.3) is 0 Å². The molecule has 1 atom stereocenters. The average molecular weight is 404 g/mol. The summed E-state index contributed by atoms with van der Waals surface area (Å²) in [5.74, 6) is -1.55. The van der Waals surface area contributed by atoms with Crippen molar-refractivity contribution >= 4 is 5.91 Å². The largest absolute Gasteiger partial charge is 0.435 e. The molecule has 1 amide bonds. The third-order valence-corrected chi connectivity index (χ3v) is 5.32. The standard InChI is InChI=1S/C20H28F4N2O2/c1-13(20(2,3)24)12-26-6-4-14(5-7-26)11-25-18(27)15-8-16(21)10-17(9-15)28-19(22)23/h8-10,13-14,19H,4-7,11-12H2,1-3H3,(H,25,27). The number of piperidine rings is 1. The van der Waals surface area contributed by atoms with Crippen LogP contribution in [0.1, 0.15) is 44.0 Å². The van der Waals surface area contributed by atoms with Gasteiger partial charge in [0.1, 0.15) is 17.2 Å². The molecular formula is C20H28F4N2O2. The second-order valence-electron chi connectivity index (χ2n) is 7.97. The SMILES string of the molecule is CC(CN1CCC(CNC(=O)c2cc(F)cc(OC(F)F)c2)CC1)C(C)(C)F. The van der Waals surface area contributed by atoms with Gasteiger partial charge in [-0.05, 0) is 57.8 Å². The number of rotatable bonds is 8. The lowest BCUT2D eigenvalue weighted by molar-refractivity contribution is -0.0500. The molecule has 1 unspecified atom stereocenters. The molecule has 1 fully saturated rings. The highest BCUT2D eigenvalue weighted by atomic mass is 19.3. The minimum Gasteiger partial charge on any atom is -0.435 e. The van der Waals surface area contributed by atoms with Crippen molar-refractivity contribution in [1.29, 1.82) is 0 Å². The Labute approximate surface area is 163 Å². The molecule has 1 aromatic rings. The van der Waals surface area contributed by atoms with Crippen molar-refractivity contribution < 1.29 is 27.1 Å². The van der Waals surface area contributed by atoms with E-state index in [9.17, 15) is 22.4 Å². The van der Waals surface area contributed by atoms with Gasteiger partial charge in [0.05, 0.1) is 0 Å². The Hall–Kier alpha value is -1.83. The molecule has 0 radical (unpaired) electrons. The first-order valence-corrected chi connectivity index (χ1v) is 9.49. The Morgan fingerprint density at radius 2 is 1.93 bits per heavy atom. The number of amides is 1. The van der Waals surface area contributed by atoms with Gasteiger partial charge in [-0.1, -0.05) is 6.92 Å². The summed E-state index contributed by atoms with van der Waals surface area (Å²) < 4.78 is 56.2. The molecule has 1 aromatic carbocycles. The van der Waals surface area contributed by atoms with Crippen LogP contribution in [0.3, 0.4) is 0 Å². The van der Waals surface area contributed by atoms with E-state index in [1.807, 2.05) is 6.92 Å². The molecule has 0 aliphatic carbocycles. The lowest BCUT2D eigenvalue weighted by Gasteiger charge is -2.35. The number of carbonyl (C=O) groups is 1. The van der Waals surface area contributed by atoms with Crippen LogP contribution in [0.4, 0.5) is 17.6 Å². The first-order chi connectivity index (χ1) is 13.0. The van der Waals surface area contributed by atoms with Gasteiger partial charge in [-0.3, -0.25) is 4.79 Å². The number of halogens is 4. The molecule has 0 saturated carbocycles. The number of nitrogens with zero attached hydrogens (tertiary/aromatic N) is 1. The van der Waals surface area contributed by atoms with Crippen LogP contribution in [-0.2, 0) is 0 Å². The fourth-order valence-corrected chi connectivity index (χ4v) is 3.18. The molecule has 0 aromatic heterocycles. The second-order valence-corrected chi connectivity index (χ2v) is 7.97. The van der Waals surface area contributed by atoms with Crippen molar-refractivity contribution in [2.75, 3.05) is 26.2 Å². The molecule has 8 heteroatoms. The van der Waals surface area contributed by atoms with E-state index in [1.165, 1.54) is 0 Å². The zero-order chi connectivity index (χ0) is 20.9. The lowest BCUT2D eigenvalue weighted by Crippen LogP contribution is -2.42. The summed E-state index contributed by atoms with van der Waals surface area (Å²) >= 11 is 0. The Kier molecular flexibility index (Phi) is 7.69. The van der Waals surface area contributed by atoms with Crippen LogP contribution in [0.5, 0.6) is 5.75 Å². The number of nitrogens with one attached hydrogen (secondary N) is 1. The summed E-state index contributed by atoms with van der Waals surface area (Å²) in [4.78, 5) is 14.5. The summed E-state index contributed by atoms with van der Waals surface area (Å²) in [6.45, 7) is 4.75. The highest BCUT2D eigenvalue weighted by Gasteiger charge is 2.28. The van der Waals surface area contributed by atoms with E-state index >= 15 is 0 Å². The molecule has 0 bridgehead atoms. The van der Waals surface area contributed by atoms with Gasteiger partial charge in [-0.2, -0.15) is 8.78 Å². The number of hydrogen-bond donors (Lipinski definition) is 1. The summed E-state index contributed by atoms with van der Waals surface area (Å²) in [6.07, 6.45) is 1.73. The van der Waals surface area contributed by atoms with E-state index in [1.54, 1.807) is 13.8 Å².